The summed E-state index contributed by atoms with van der Waals surface area (Å²) in [5, 5.41) is 2.66. The first kappa shape index (κ1) is 24.1. The van der Waals surface area contributed by atoms with Crippen LogP contribution in [0.15, 0.2) is 47.4 Å². The van der Waals surface area contributed by atoms with Gasteiger partial charge in [-0.15, -0.1) is 0 Å². The van der Waals surface area contributed by atoms with Gasteiger partial charge in [-0.3, -0.25) is 19.3 Å². The molecule has 2 heterocycles. The van der Waals surface area contributed by atoms with Gasteiger partial charge in [-0.2, -0.15) is 4.31 Å². The fourth-order valence-corrected chi connectivity index (χ4v) is 5.87. The van der Waals surface area contributed by atoms with Gasteiger partial charge in [-0.05, 0) is 64.1 Å². The maximum absolute atomic E-state index is 13.0. The number of hydrogen-bond acceptors (Lipinski definition) is 6. The van der Waals surface area contributed by atoms with Gasteiger partial charge in [0.1, 0.15) is 6.04 Å². The lowest BCUT2D eigenvalue weighted by molar-refractivity contribution is -0.119. The lowest BCUT2D eigenvalue weighted by Crippen LogP contribution is -2.48. The Hall–Kier alpha value is -3.08. The summed E-state index contributed by atoms with van der Waals surface area (Å²) in [4.78, 5) is 39.3. The molecular weight excluding hydrogens is 458 g/mol. The molecule has 34 heavy (non-hydrogen) atoms. The zero-order chi connectivity index (χ0) is 24.8. The number of hydrogen-bond donors (Lipinski definition) is 1. The molecule has 0 bridgehead atoms. The number of morpholine rings is 1. The first-order valence-corrected chi connectivity index (χ1v) is 12.5. The SMILES string of the molecule is Cc1ccc2c(c1)C(=O)N([C@H](C)C(=O)Nc1ccc(S(=O)(=O)N3C[C@H](C)O[C@@H](C)C3)cc1)C2=O. The molecule has 2 aromatic carbocycles. The van der Waals surface area contributed by atoms with E-state index >= 15 is 0 Å². The van der Waals surface area contributed by atoms with Gasteiger partial charge in [-0.1, -0.05) is 11.6 Å². The van der Waals surface area contributed by atoms with Crippen LogP contribution in [-0.4, -0.2) is 66.7 Å². The number of carbonyl (C=O) groups excluding carboxylic acids is 3. The fourth-order valence-electron chi connectivity index (χ4n) is 4.28. The maximum Gasteiger partial charge on any atom is 0.262 e. The van der Waals surface area contributed by atoms with Crippen LogP contribution in [0.4, 0.5) is 5.69 Å². The number of ether oxygens (including phenoxy) is 1. The zero-order valence-electron chi connectivity index (χ0n) is 19.4. The molecule has 1 saturated heterocycles. The molecule has 3 amide bonds. The zero-order valence-corrected chi connectivity index (χ0v) is 20.3. The Morgan fingerprint density at radius 1 is 1.00 bits per heavy atom. The molecule has 0 aliphatic carbocycles. The van der Waals surface area contributed by atoms with Crippen molar-refractivity contribution in [3.8, 4) is 0 Å². The van der Waals surface area contributed by atoms with Crippen molar-refractivity contribution in [3.63, 3.8) is 0 Å². The third-order valence-corrected chi connectivity index (χ3v) is 7.83. The second kappa shape index (κ2) is 8.94. The minimum absolute atomic E-state index is 0.107. The van der Waals surface area contributed by atoms with E-state index in [-0.39, 0.29) is 41.3 Å². The molecule has 0 spiro atoms. The highest BCUT2D eigenvalue weighted by molar-refractivity contribution is 7.89. The summed E-state index contributed by atoms with van der Waals surface area (Å²) >= 11 is 0. The largest absolute Gasteiger partial charge is 0.373 e. The Kier molecular flexibility index (Phi) is 6.32. The average Bonchev–Trinajstić information content (AvgIpc) is 3.02. The number of imide groups is 1. The van der Waals surface area contributed by atoms with Crippen molar-refractivity contribution in [1.29, 1.82) is 0 Å². The number of amides is 3. The van der Waals surface area contributed by atoms with E-state index in [1.807, 2.05) is 20.8 Å². The smallest absolute Gasteiger partial charge is 0.262 e. The molecule has 0 saturated carbocycles. The molecule has 0 radical (unpaired) electrons. The molecular formula is C24H27N3O6S. The van der Waals surface area contributed by atoms with Gasteiger partial charge in [0.25, 0.3) is 11.8 Å². The van der Waals surface area contributed by atoms with Crippen molar-refractivity contribution in [2.75, 3.05) is 18.4 Å². The van der Waals surface area contributed by atoms with Crippen molar-refractivity contribution in [2.45, 2.75) is 50.8 Å². The van der Waals surface area contributed by atoms with E-state index in [0.717, 1.165) is 10.5 Å². The number of aryl methyl sites for hydroxylation is 1. The molecule has 2 aliphatic heterocycles. The lowest BCUT2D eigenvalue weighted by atomic mass is 10.1. The summed E-state index contributed by atoms with van der Waals surface area (Å²) < 4.78 is 33.0. The third-order valence-electron chi connectivity index (χ3n) is 5.99. The predicted molar refractivity (Wildman–Crippen MR) is 125 cm³/mol. The number of anilines is 1. The van der Waals surface area contributed by atoms with Gasteiger partial charge in [0.15, 0.2) is 0 Å². The molecule has 3 atom stereocenters. The van der Waals surface area contributed by atoms with Gasteiger partial charge in [0.05, 0.1) is 28.2 Å². The van der Waals surface area contributed by atoms with Crippen molar-refractivity contribution < 1.29 is 27.5 Å². The molecule has 0 unspecified atom stereocenters. The summed E-state index contributed by atoms with van der Waals surface area (Å²) in [5.41, 5.74) is 1.75. The van der Waals surface area contributed by atoms with Crippen molar-refractivity contribution >= 4 is 33.4 Å². The second-order valence-corrected chi connectivity index (χ2v) is 10.7. The van der Waals surface area contributed by atoms with Gasteiger partial charge in [-0.25, -0.2) is 8.42 Å². The molecule has 2 aliphatic rings. The Balaban J connectivity index is 1.46. The van der Waals surface area contributed by atoms with Crippen LogP contribution < -0.4 is 5.32 Å². The fraction of sp³-hybridized carbons (Fsp3) is 0.375. The summed E-state index contributed by atoms with van der Waals surface area (Å²) in [5.74, 6) is -1.59. The first-order valence-electron chi connectivity index (χ1n) is 11.0. The van der Waals surface area contributed by atoms with Crippen molar-refractivity contribution in [2.24, 2.45) is 0 Å². The molecule has 10 heteroatoms. The number of carbonyl (C=O) groups is 3. The molecule has 1 N–H and O–H groups in total. The van der Waals surface area contributed by atoms with Crippen LogP contribution in [-0.2, 0) is 19.6 Å². The summed E-state index contributed by atoms with van der Waals surface area (Å²) in [6.07, 6.45) is -0.408. The molecule has 180 valence electrons. The summed E-state index contributed by atoms with van der Waals surface area (Å²) in [7, 11) is -3.71. The van der Waals surface area contributed by atoms with Gasteiger partial charge >= 0.3 is 0 Å². The Morgan fingerprint density at radius 2 is 1.59 bits per heavy atom. The average molecular weight is 486 g/mol. The highest BCUT2D eigenvalue weighted by Gasteiger charge is 2.41. The molecule has 0 aromatic heterocycles. The van der Waals surface area contributed by atoms with E-state index in [1.165, 1.54) is 35.5 Å². The highest BCUT2D eigenvalue weighted by Crippen LogP contribution is 2.27. The van der Waals surface area contributed by atoms with Crippen LogP contribution in [0.3, 0.4) is 0 Å². The predicted octanol–water partition coefficient (Wildman–Crippen LogP) is 2.42. The first-order chi connectivity index (χ1) is 16.0. The van der Waals surface area contributed by atoms with E-state index in [4.69, 9.17) is 4.74 Å². The number of sulfonamides is 1. The maximum atomic E-state index is 13.0. The van der Waals surface area contributed by atoms with Crippen LogP contribution >= 0.6 is 0 Å². The quantitative estimate of drug-likeness (QED) is 0.651. The van der Waals surface area contributed by atoms with E-state index in [1.54, 1.807) is 18.2 Å². The van der Waals surface area contributed by atoms with Gasteiger partial charge in [0, 0.05) is 18.8 Å². The molecule has 9 nitrogen and oxygen atoms in total. The summed E-state index contributed by atoms with van der Waals surface area (Å²) in [6.45, 7) is 7.48. The Bertz CT molecular complexity index is 1250. The van der Waals surface area contributed by atoms with Crippen LogP contribution in [0, 0.1) is 6.92 Å². The Labute approximate surface area is 198 Å². The molecule has 1 fully saturated rings. The highest BCUT2D eigenvalue weighted by atomic mass is 32.2. The molecule has 4 rings (SSSR count). The van der Waals surface area contributed by atoms with Crippen molar-refractivity contribution in [3.05, 3.63) is 59.2 Å². The summed E-state index contributed by atoms with van der Waals surface area (Å²) in [6, 6.07) is 9.72. The van der Waals surface area contributed by atoms with Gasteiger partial charge in [0.2, 0.25) is 15.9 Å². The van der Waals surface area contributed by atoms with Crippen molar-refractivity contribution in [1.82, 2.24) is 9.21 Å². The number of nitrogens with zero attached hydrogens (tertiary/aromatic N) is 2. The van der Waals surface area contributed by atoms with Crippen LogP contribution in [0.25, 0.3) is 0 Å². The monoisotopic (exact) mass is 485 g/mol. The van der Waals surface area contributed by atoms with Gasteiger partial charge < -0.3 is 10.1 Å². The Morgan fingerprint density at radius 3 is 2.21 bits per heavy atom. The minimum Gasteiger partial charge on any atom is -0.373 e. The van der Waals surface area contributed by atoms with Crippen LogP contribution in [0.5, 0.6) is 0 Å². The van der Waals surface area contributed by atoms with E-state index in [9.17, 15) is 22.8 Å². The van der Waals surface area contributed by atoms with E-state index in [2.05, 4.69) is 5.32 Å². The van der Waals surface area contributed by atoms with E-state index in [0.29, 0.717) is 5.69 Å². The number of benzene rings is 2. The number of rotatable bonds is 5. The normalized spacial score (nSPS) is 21.9. The standard InChI is InChI=1S/C24H27N3O6S/c1-14-5-10-20-21(11-14)24(30)27(23(20)29)17(4)22(28)25-18-6-8-19(9-7-18)34(31,32)26-12-15(2)33-16(3)13-26/h5-11,15-17H,12-13H2,1-4H3,(H,25,28)/t15-,16-,17+/m0/s1. The number of nitrogens with one attached hydrogen (secondary N) is 1. The third kappa shape index (κ3) is 4.36. The van der Waals surface area contributed by atoms with E-state index < -0.39 is 33.8 Å². The molecule has 2 aromatic rings. The topological polar surface area (TPSA) is 113 Å². The minimum atomic E-state index is -3.71. The number of fused-ring (bicyclic) bond motifs is 1. The second-order valence-electron chi connectivity index (χ2n) is 8.80. The van der Waals surface area contributed by atoms with Crippen LogP contribution in [0.1, 0.15) is 47.1 Å². The van der Waals surface area contributed by atoms with Crippen LogP contribution in [0.2, 0.25) is 0 Å². The lowest BCUT2D eigenvalue weighted by Gasteiger charge is -2.34.